The van der Waals surface area contributed by atoms with Crippen LogP contribution in [0.2, 0.25) is 0 Å². The molecule has 2 aromatic rings. The lowest BCUT2D eigenvalue weighted by Crippen LogP contribution is -2.30. The van der Waals surface area contributed by atoms with Gasteiger partial charge in [0.25, 0.3) is 11.8 Å². The molecule has 7 heteroatoms. The summed E-state index contributed by atoms with van der Waals surface area (Å²) in [5, 5.41) is 14.9. The molecule has 3 amide bonds. The molecule has 7 nitrogen and oxygen atoms in total. The van der Waals surface area contributed by atoms with Crippen LogP contribution in [-0.4, -0.2) is 40.8 Å². The van der Waals surface area contributed by atoms with Crippen molar-refractivity contribution in [2.45, 2.75) is 19.4 Å². The summed E-state index contributed by atoms with van der Waals surface area (Å²) >= 11 is 0. The fourth-order valence-electron chi connectivity index (χ4n) is 3.53. The Bertz CT molecular complexity index is 954. The second-order valence-electron chi connectivity index (χ2n) is 6.77. The van der Waals surface area contributed by atoms with Gasteiger partial charge in [0.2, 0.25) is 5.91 Å². The third kappa shape index (κ3) is 3.36. The van der Waals surface area contributed by atoms with Crippen LogP contribution < -0.4 is 10.6 Å². The van der Waals surface area contributed by atoms with Crippen LogP contribution in [0.3, 0.4) is 0 Å². The molecule has 0 saturated heterocycles. The molecule has 3 N–H and O–H groups in total. The molecule has 0 aliphatic carbocycles. The van der Waals surface area contributed by atoms with E-state index < -0.39 is 0 Å². The van der Waals surface area contributed by atoms with Crippen molar-refractivity contribution in [3.05, 3.63) is 58.7 Å². The third-order valence-corrected chi connectivity index (χ3v) is 4.91. The summed E-state index contributed by atoms with van der Waals surface area (Å²) in [7, 11) is 0. The minimum atomic E-state index is -0.346. The Hall–Kier alpha value is -3.35. The molecule has 2 heterocycles. The maximum Gasteiger partial charge on any atom is 0.254 e. The Balaban J connectivity index is 1.63. The lowest BCUT2D eigenvalue weighted by atomic mass is 10.0. The van der Waals surface area contributed by atoms with Gasteiger partial charge in [0.15, 0.2) is 0 Å². The highest BCUT2D eigenvalue weighted by Gasteiger charge is 2.24. The molecule has 2 aliphatic rings. The monoisotopic (exact) mass is 365 g/mol. The zero-order valence-corrected chi connectivity index (χ0v) is 14.6. The van der Waals surface area contributed by atoms with Crippen molar-refractivity contribution in [2.24, 2.45) is 0 Å². The Labute approximate surface area is 156 Å². The Morgan fingerprint density at radius 1 is 1.07 bits per heavy atom. The zero-order valence-electron chi connectivity index (χ0n) is 14.6. The van der Waals surface area contributed by atoms with Gasteiger partial charge in [-0.3, -0.25) is 14.4 Å². The van der Waals surface area contributed by atoms with Gasteiger partial charge in [-0.2, -0.15) is 0 Å². The van der Waals surface area contributed by atoms with Crippen molar-refractivity contribution < 1.29 is 19.5 Å². The molecule has 138 valence electrons. The summed E-state index contributed by atoms with van der Waals surface area (Å²) in [6.45, 7) is 0.911. The van der Waals surface area contributed by atoms with Crippen LogP contribution in [0.25, 0.3) is 0 Å². The number of phenolic OH excluding ortho intramolecular Hbond substituents is 1. The lowest BCUT2D eigenvalue weighted by molar-refractivity contribution is -0.115. The maximum absolute atomic E-state index is 13.0. The number of carbonyl (C=O) groups is 3. The lowest BCUT2D eigenvalue weighted by Gasteiger charge is -2.21. The number of hydrogen-bond acceptors (Lipinski definition) is 4. The van der Waals surface area contributed by atoms with Gasteiger partial charge in [-0.05, 0) is 54.3 Å². The van der Waals surface area contributed by atoms with E-state index in [1.165, 1.54) is 0 Å². The van der Waals surface area contributed by atoms with Gasteiger partial charge in [0.05, 0.1) is 17.8 Å². The van der Waals surface area contributed by atoms with Gasteiger partial charge < -0.3 is 20.6 Å². The SMILES string of the molecule is O=C1CNC(=O)c2ccc(C(=O)N3CCCc4ccc(O)cc4C3)cc2N1. The Kier molecular flexibility index (Phi) is 4.27. The van der Waals surface area contributed by atoms with E-state index in [0.29, 0.717) is 29.9 Å². The molecule has 0 spiro atoms. The number of fused-ring (bicyclic) bond motifs is 2. The quantitative estimate of drug-likeness (QED) is 0.716. The fraction of sp³-hybridized carbons (Fsp3) is 0.250. The van der Waals surface area contributed by atoms with Crippen LogP contribution in [0.5, 0.6) is 5.75 Å². The molecule has 0 fully saturated rings. The van der Waals surface area contributed by atoms with Gasteiger partial charge in [-0.15, -0.1) is 0 Å². The van der Waals surface area contributed by atoms with Gasteiger partial charge in [-0.25, -0.2) is 0 Å². The first-order chi connectivity index (χ1) is 13.0. The number of anilines is 1. The normalized spacial score (nSPS) is 16.4. The summed E-state index contributed by atoms with van der Waals surface area (Å²) in [4.78, 5) is 38.5. The molecule has 2 aromatic carbocycles. The highest BCUT2D eigenvalue weighted by molar-refractivity contribution is 6.09. The van der Waals surface area contributed by atoms with Crippen LogP contribution in [0, 0.1) is 0 Å². The van der Waals surface area contributed by atoms with Crippen molar-refractivity contribution in [2.75, 3.05) is 18.4 Å². The molecule has 0 aromatic heterocycles. The molecule has 0 saturated carbocycles. The van der Waals surface area contributed by atoms with E-state index in [-0.39, 0.29) is 30.0 Å². The number of aromatic hydroxyl groups is 1. The van der Waals surface area contributed by atoms with Crippen LogP contribution in [0.15, 0.2) is 36.4 Å². The van der Waals surface area contributed by atoms with Crippen molar-refractivity contribution in [1.82, 2.24) is 10.2 Å². The van der Waals surface area contributed by atoms with E-state index in [2.05, 4.69) is 10.6 Å². The number of hydrogen-bond donors (Lipinski definition) is 3. The van der Waals surface area contributed by atoms with E-state index >= 15 is 0 Å². The molecule has 0 radical (unpaired) electrons. The molecular weight excluding hydrogens is 346 g/mol. The number of carbonyl (C=O) groups excluding carboxylic acids is 3. The molecular formula is C20H19N3O4. The highest BCUT2D eigenvalue weighted by atomic mass is 16.3. The van der Waals surface area contributed by atoms with E-state index in [9.17, 15) is 19.5 Å². The fourth-order valence-corrected chi connectivity index (χ4v) is 3.53. The molecule has 0 atom stereocenters. The minimum Gasteiger partial charge on any atom is -0.508 e. The Morgan fingerprint density at radius 2 is 1.93 bits per heavy atom. The summed E-state index contributed by atoms with van der Waals surface area (Å²) in [5.41, 5.74) is 3.15. The van der Waals surface area contributed by atoms with Crippen LogP contribution in [0.1, 0.15) is 38.3 Å². The molecule has 0 unspecified atom stereocenters. The number of amides is 3. The predicted octanol–water partition coefficient (Wildman–Crippen LogP) is 1.66. The van der Waals surface area contributed by atoms with Crippen molar-refractivity contribution in [3.8, 4) is 5.75 Å². The zero-order chi connectivity index (χ0) is 19.0. The first kappa shape index (κ1) is 17.1. The van der Waals surface area contributed by atoms with Crippen molar-refractivity contribution >= 4 is 23.4 Å². The van der Waals surface area contributed by atoms with Crippen molar-refractivity contribution in [1.29, 1.82) is 0 Å². The van der Waals surface area contributed by atoms with Crippen LogP contribution in [-0.2, 0) is 17.8 Å². The molecule has 4 rings (SSSR count). The summed E-state index contributed by atoms with van der Waals surface area (Å²) in [6.07, 6.45) is 1.67. The number of benzene rings is 2. The number of nitrogens with zero attached hydrogens (tertiary/aromatic N) is 1. The predicted molar refractivity (Wildman–Crippen MR) is 98.6 cm³/mol. The third-order valence-electron chi connectivity index (χ3n) is 4.91. The number of rotatable bonds is 1. The number of nitrogens with one attached hydrogen (secondary N) is 2. The van der Waals surface area contributed by atoms with E-state index in [1.54, 1.807) is 35.2 Å². The summed E-state index contributed by atoms with van der Waals surface area (Å²) in [5.74, 6) is -0.665. The van der Waals surface area contributed by atoms with E-state index in [1.807, 2.05) is 6.07 Å². The van der Waals surface area contributed by atoms with Gasteiger partial charge in [-0.1, -0.05) is 6.07 Å². The largest absolute Gasteiger partial charge is 0.508 e. The Morgan fingerprint density at radius 3 is 2.78 bits per heavy atom. The first-order valence-electron chi connectivity index (χ1n) is 8.83. The summed E-state index contributed by atoms with van der Waals surface area (Å²) in [6, 6.07) is 9.97. The number of aryl methyl sites for hydroxylation is 1. The molecule has 0 bridgehead atoms. The first-order valence-corrected chi connectivity index (χ1v) is 8.83. The van der Waals surface area contributed by atoms with Crippen molar-refractivity contribution in [3.63, 3.8) is 0 Å². The summed E-state index contributed by atoms with van der Waals surface area (Å²) < 4.78 is 0. The standard InChI is InChI=1S/C20H19N3O4/c24-15-5-3-12-2-1-7-23(11-14(12)8-15)20(27)13-4-6-16-17(9-13)22-18(25)10-21-19(16)26/h3-6,8-9,24H,1-2,7,10-11H2,(H,21,26)(H,22,25). The van der Waals surface area contributed by atoms with Crippen LogP contribution >= 0.6 is 0 Å². The van der Waals surface area contributed by atoms with Gasteiger partial charge in [0, 0.05) is 18.7 Å². The maximum atomic E-state index is 13.0. The topological polar surface area (TPSA) is 98.7 Å². The van der Waals surface area contributed by atoms with Crippen LogP contribution in [0.4, 0.5) is 5.69 Å². The van der Waals surface area contributed by atoms with E-state index in [0.717, 1.165) is 24.0 Å². The average molecular weight is 365 g/mol. The van der Waals surface area contributed by atoms with E-state index in [4.69, 9.17) is 0 Å². The van der Waals surface area contributed by atoms with Gasteiger partial charge in [0.1, 0.15) is 5.75 Å². The highest BCUT2D eigenvalue weighted by Crippen LogP contribution is 2.25. The average Bonchev–Trinajstić information content (AvgIpc) is 2.94. The number of phenols is 1. The second-order valence-corrected chi connectivity index (χ2v) is 6.77. The molecule has 2 aliphatic heterocycles. The van der Waals surface area contributed by atoms with Gasteiger partial charge >= 0.3 is 0 Å². The smallest absolute Gasteiger partial charge is 0.254 e. The second kappa shape index (κ2) is 6.75. The minimum absolute atomic E-state index is 0.0941. The molecule has 27 heavy (non-hydrogen) atoms.